The van der Waals surface area contributed by atoms with Gasteiger partial charge < -0.3 is 15.4 Å². The lowest BCUT2D eigenvalue weighted by Crippen LogP contribution is -2.58. The quantitative estimate of drug-likeness (QED) is 0.523. The predicted molar refractivity (Wildman–Crippen MR) is 63.5 cm³/mol. The van der Waals surface area contributed by atoms with E-state index >= 15 is 0 Å². The van der Waals surface area contributed by atoms with E-state index in [4.69, 9.17) is 4.74 Å². The van der Waals surface area contributed by atoms with E-state index in [1.165, 1.54) is 0 Å². The van der Waals surface area contributed by atoms with Crippen LogP contribution in [0.15, 0.2) is 0 Å². The molecule has 0 aromatic heterocycles. The number of piperazine rings is 1. The molecule has 0 spiro atoms. The zero-order valence-electron chi connectivity index (χ0n) is 10.4. The minimum absolute atomic E-state index is 0.0700. The highest BCUT2D eigenvalue weighted by Crippen LogP contribution is 1.91. The van der Waals surface area contributed by atoms with E-state index in [0.29, 0.717) is 19.7 Å². The first-order valence-corrected chi connectivity index (χ1v) is 5.99. The second-order valence-corrected chi connectivity index (χ2v) is 4.30. The molecule has 1 saturated heterocycles. The number of hydrogen-bond acceptors (Lipinski definition) is 4. The molecule has 0 radical (unpaired) electrons. The van der Waals surface area contributed by atoms with Crippen molar-refractivity contribution in [3.05, 3.63) is 0 Å². The van der Waals surface area contributed by atoms with Gasteiger partial charge in [0.1, 0.15) is 6.04 Å². The van der Waals surface area contributed by atoms with Gasteiger partial charge in [0, 0.05) is 19.7 Å². The van der Waals surface area contributed by atoms with Crippen LogP contribution in [0.3, 0.4) is 0 Å². The third kappa shape index (κ3) is 5.65. The molecule has 17 heavy (non-hydrogen) atoms. The summed E-state index contributed by atoms with van der Waals surface area (Å²) in [7, 11) is 0. The van der Waals surface area contributed by atoms with Gasteiger partial charge in [-0.05, 0) is 20.3 Å². The second-order valence-electron chi connectivity index (χ2n) is 4.30. The Morgan fingerprint density at radius 3 is 2.94 bits per heavy atom. The van der Waals surface area contributed by atoms with E-state index in [1.54, 1.807) is 0 Å². The van der Waals surface area contributed by atoms with Gasteiger partial charge in [0.2, 0.25) is 11.8 Å². The fraction of sp³-hybridized carbons (Fsp3) is 0.818. The van der Waals surface area contributed by atoms with Crippen molar-refractivity contribution in [1.29, 1.82) is 0 Å². The Balaban J connectivity index is 2.06. The summed E-state index contributed by atoms with van der Waals surface area (Å²) in [5.74, 6) is -0.145. The molecule has 1 unspecified atom stereocenters. The summed E-state index contributed by atoms with van der Waals surface area (Å²) in [5.41, 5.74) is 0. The van der Waals surface area contributed by atoms with Crippen LogP contribution in [0.4, 0.5) is 0 Å². The highest BCUT2D eigenvalue weighted by atomic mass is 16.5. The van der Waals surface area contributed by atoms with Gasteiger partial charge in [-0.1, -0.05) is 0 Å². The Labute approximate surface area is 101 Å². The summed E-state index contributed by atoms with van der Waals surface area (Å²) in [6.45, 7) is 5.76. The summed E-state index contributed by atoms with van der Waals surface area (Å²) >= 11 is 0. The first-order chi connectivity index (χ1) is 8.09. The average molecular weight is 243 g/mol. The molecule has 1 atom stereocenters. The highest BCUT2D eigenvalue weighted by molar-refractivity contribution is 5.86. The van der Waals surface area contributed by atoms with Gasteiger partial charge in [0.05, 0.1) is 12.6 Å². The number of carbonyl (C=O) groups excluding carboxylic acids is 2. The summed E-state index contributed by atoms with van der Waals surface area (Å²) in [6.07, 6.45) is 1.02. The van der Waals surface area contributed by atoms with Crippen molar-refractivity contribution in [2.75, 3.05) is 26.2 Å². The fourth-order valence-electron chi connectivity index (χ4n) is 1.48. The molecule has 1 aliphatic heterocycles. The number of nitrogens with one attached hydrogen (secondary N) is 3. The second kappa shape index (κ2) is 7.24. The van der Waals surface area contributed by atoms with Crippen LogP contribution in [-0.2, 0) is 14.3 Å². The monoisotopic (exact) mass is 243 g/mol. The maximum atomic E-state index is 11.6. The Morgan fingerprint density at radius 1 is 1.59 bits per heavy atom. The zero-order valence-corrected chi connectivity index (χ0v) is 10.4. The molecule has 0 aromatic carbocycles. The molecular formula is C11H21N3O3. The van der Waals surface area contributed by atoms with Crippen LogP contribution >= 0.6 is 0 Å². The van der Waals surface area contributed by atoms with Crippen LogP contribution < -0.4 is 16.0 Å². The van der Waals surface area contributed by atoms with Crippen LogP contribution in [0.1, 0.15) is 20.3 Å². The van der Waals surface area contributed by atoms with Gasteiger partial charge in [-0.25, -0.2) is 0 Å². The van der Waals surface area contributed by atoms with Crippen molar-refractivity contribution in [3.8, 4) is 0 Å². The van der Waals surface area contributed by atoms with Gasteiger partial charge in [-0.15, -0.1) is 0 Å². The molecular weight excluding hydrogens is 222 g/mol. The van der Waals surface area contributed by atoms with E-state index < -0.39 is 0 Å². The summed E-state index contributed by atoms with van der Waals surface area (Å²) < 4.78 is 5.36. The molecule has 98 valence electrons. The average Bonchev–Trinajstić information content (AvgIpc) is 2.29. The van der Waals surface area contributed by atoms with Gasteiger partial charge in [0.15, 0.2) is 0 Å². The maximum absolute atomic E-state index is 11.6. The third-order valence-corrected chi connectivity index (χ3v) is 2.40. The van der Waals surface area contributed by atoms with E-state index in [-0.39, 0.29) is 30.5 Å². The normalized spacial score (nSPS) is 20.2. The van der Waals surface area contributed by atoms with Gasteiger partial charge >= 0.3 is 0 Å². The number of amides is 2. The highest BCUT2D eigenvalue weighted by Gasteiger charge is 2.22. The number of hydrogen-bond donors (Lipinski definition) is 3. The molecule has 0 aromatic rings. The standard InChI is InChI=1S/C11H21N3O3/c1-8(2)17-5-3-4-12-11(16)9-6-14-10(15)7-13-9/h8-9,13H,3-7H2,1-2H3,(H,12,16)(H,14,15). The topological polar surface area (TPSA) is 79.5 Å². The lowest BCUT2D eigenvalue weighted by Gasteiger charge is -2.23. The smallest absolute Gasteiger partial charge is 0.238 e. The van der Waals surface area contributed by atoms with Gasteiger partial charge in [-0.2, -0.15) is 0 Å². The molecule has 0 aliphatic carbocycles. The minimum Gasteiger partial charge on any atom is -0.379 e. The van der Waals surface area contributed by atoms with Crippen LogP contribution in [0.5, 0.6) is 0 Å². The summed E-state index contributed by atoms with van der Waals surface area (Å²) in [4.78, 5) is 22.5. The molecule has 2 amide bonds. The largest absolute Gasteiger partial charge is 0.379 e. The van der Waals surface area contributed by atoms with Crippen molar-refractivity contribution in [3.63, 3.8) is 0 Å². The molecule has 1 rings (SSSR count). The Bertz CT molecular complexity index is 259. The maximum Gasteiger partial charge on any atom is 0.238 e. The van der Waals surface area contributed by atoms with E-state index in [0.717, 1.165) is 6.42 Å². The van der Waals surface area contributed by atoms with Crippen molar-refractivity contribution in [2.45, 2.75) is 32.4 Å². The van der Waals surface area contributed by atoms with Crippen LogP contribution in [0.25, 0.3) is 0 Å². The number of rotatable bonds is 6. The first-order valence-electron chi connectivity index (χ1n) is 5.99. The first kappa shape index (κ1) is 13.9. The lowest BCUT2D eigenvalue weighted by molar-refractivity contribution is -0.126. The molecule has 6 heteroatoms. The third-order valence-electron chi connectivity index (χ3n) is 2.40. The zero-order chi connectivity index (χ0) is 12.7. The Hall–Kier alpha value is -1.14. The lowest BCUT2D eigenvalue weighted by atomic mass is 10.2. The molecule has 0 bridgehead atoms. The molecule has 6 nitrogen and oxygen atoms in total. The Morgan fingerprint density at radius 2 is 2.35 bits per heavy atom. The molecule has 3 N–H and O–H groups in total. The Kier molecular flexibility index (Phi) is 5.93. The fourth-order valence-corrected chi connectivity index (χ4v) is 1.48. The molecule has 0 saturated carbocycles. The number of carbonyl (C=O) groups is 2. The minimum atomic E-state index is -0.321. The van der Waals surface area contributed by atoms with Crippen molar-refractivity contribution in [2.24, 2.45) is 0 Å². The molecule has 1 aliphatic rings. The summed E-state index contributed by atoms with van der Waals surface area (Å²) in [6, 6.07) is -0.321. The number of ether oxygens (including phenoxy) is 1. The van der Waals surface area contributed by atoms with Crippen LogP contribution in [0, 0.1) is 0 Å². The SMILES string of the molecule is CC(C)OCCCNC(=O)C1CNC(=O)CN1. The van der Waals surface area contributed by atoms with Gasteiger partial charge in [0.25, 0.3) is 0 Å². The summed E-state index contributed by atoms with van der Waals surface area (Å²) in [5, 5.41) is 8.32. The van der Waals surface area contributed by atoms with Gasteiger partial charge in [-0.3, -0.25) is 14.9 Å². The van der Waals surface area contributed by atoms with Crippen LogP contribution in [-0.4, -0.2) is 50.2 Å². The van der Waals surface area contributed by atoms with E-state index in [1.807, 2.05) is 13.8 Å². The van der Waals surface area contributed by atoms with E-state index in [9.17, 15) is 9.59 Å². The van der Waals surface area contributed by atoms with Crippen molar-refractivity contribution >= 4 is 11.8 Å². The van der Waals surface area contributed by atoms with Crippen molar-refractivity contribution in [1.82, 2.24) is 16.0 Å². The van der Waals surface area contributed by atoms with Crippen LogP contribution in [0.2, 0.25) is 0 Å². The molecule has 1 fully saturated rings. The molecule has 1 heterocycles. The predicted octanol–water partition coefficient (Wildman–Crippen LogP) is -0.994. The van der Waals surface area contributed by atoms with E-state index in [2.05, 4.69) is 16.0 Å². The van der Waals surface area contributed by atoms with Crippen molar-refractivity contribution < 1.29 is 14.3 Å².